The number of fused-ring (bicyclic) bond motifs is 3. The molecule has 3 aromatic rings. The van der Waals surface area contributed by atoms with Gasteiger partial charge in [0.05, 0.1) is 10.9 Å². The largest absolute Gasteiger partial charge is 0.448 e. The molecule has 0 heterocycles. The Morgan fingerprint density at radius 3 is 2.23 bits per heavy atom. The van der Waals surface area contributed by atoms with Gasteiger partial charge in [0, 0.05) is 12.3 Å². The summed E-state index contributed by atoms with van der Waals surface area (Å²) in [6, 6.07) is 22.0. The third-order valence-electron chi connectivity index (χ3n) is 5.39. The molecule has 1 amide bonds. The third kappa shape index (κ3) is 4.35. The van der Waals surface area contributed by atoms with E-state index in [1.165, 1.54) is 10.4 Å². The van der Waals surface area contributed by atoms with Crippen molar-refractivity contribution in [2.24, 2.45) is 0 Å². The van der Waals surface area contributed by atoms with Crippen molar-refractivity contribution in [2.45, 2.75) is 30.2 Å². The molecule has 1 unspecified atom stereocenters. The summed E-state index contributed by atoms with van der Waals surface area (Å²) in [4.78, 5) is 24.3. The Morgan fingerprint density at radius 2 is 1.61 bits per heavy atom. The van der Waals surface area contributed by atoms with Gasteiger partial charge in [-0.2, -0.15) is 0 Å². The van der Waals surface area contributed by atoms with Gasteiger partial charge in [0.15, 0.2) is 0 Å². The first kappa shape index (κ1) is 21.1. The molecule has 1 aliphatic rings. The van der Waals surface area contributed by atoms with Crippen LogP contribution in [0.15, 0.2) is 77.7 Å². The smallest absolute Gasteiger partial charge is 0.420 e. The van der Waals surface area contributed by atoms with E-state index in [9.17, 15) is 14.0 Å². The van der Waals surface area contributed by atoms with Crippen LogP contribution in [0.25, 0.3) is 11.1 Å². The molecule has 31 heavy (non-hydrogen) atoms. The quantitative estimate of drug-likeness (QED) is 0.334. The van der Waals surface area contributed by atoms with Crippen molar-refractivity contribution in [3.63, 3.8) is 0 Å². The Kier molecular flexibility index (Phi) is 6.37. The molecule has 4 nitrogen and oxygen atoms in total. The van der Waals surface area contributed by atoms with Gasteiger partial charge in [0.25, 0.3) is 0 Å². The second-order valence-electron chi connectivity index (χ2n) is 7.40. The van der Waals surface area contributed by atoms with Gasteiger partial charge in [-0.05, 0) is 53.3 Å². The zero-order valence-corrected chi connectivity index (χ0v) is 17.8. The molecule has 4 rings (SSSR count). The zero-order chi connectivity index (χ0) is 21.8. The second kappa shape index (κ2) is 9.35. The lowest BCUT2D eigenvalue weighted by atomic mass is 9.98. The lowest BCUT2D eigenvalue weighted by molar-refractivity contribution is -0.108. The van der Waals surface area contributed by atoms with Gasteiger partial charge in [0.1, 0.15) is 18.7 Å². The number of aldehydes is 1. The lowest BCUT2D eigenvalue weighted by Crippen LogP contribution is -2.34. The van der Waals surface area contributed by atoms with E-state index in [1.807, 2.05) is 24.3 Å². The molecule has 0 spiro atoms. The molecule has 0 saturated carbocycles. The van der Waals surface area contributed by atoms with Gasteiger partial charge in [-0.1, -0.05) is 60.7 Å². The molecule has 1 aliphatic carbocycles. The molecule has 0 fully saturated rings. The molecular weight excluding hydrogens is 413 g/mol. The Hall–Kier alpha value is -3.12. The lowest BCUT2D eigenvalue weighted by Gasteiger charge is -2.27. The van der Waals surface area contributed by atoms with Crippen molar-refractivity contribution in [1.82, 2.24) is 4.31 Å². The maximum atomic E-state index is 14.2. The summed E-state index contributed by atoms with van der Waals surface area (Å²) in [5.41, 5.74) is 4.52. The Morgan fingerprint density at radius 1 is 1.03 bits per heavy atom. The molecule has 3 aromatic carbocycles. The van der Waals surface area contributed by atoms with E-state index >= 15 is 0 Å². The summed E-state index contributed by atoms with van der Waals surface area (Å²) in [6.07, 6.45) is 0.284. The summed E-state index contributed by atoms with van der Waals surface area (Å²) < 4.78 is 21.2. The highest BCUT2D eigenvalue weighted by molar-refractivity contribution is 7.97. The van der Waals surface area contributed by atoms with E-state index in [2.05, 4.69) is 24.3 Å². The molecule has 0 radical (unpaired) electrons. The van der Waals surface area contributed by atoms with E-state index in [4.69, 9.17) is 4.74 Å². The topological polar surface area (TPSA) is 46.6 Å². The number of hydrogen-bond donors (Lipinski definition) is 0. The van der Waals surface area contributed by atoms with Crippen LogP contribution in [-0.4, -0.2) is 29.3 Å². The second-order valence-corrected chi connectivity index (χ2v) is 8.42. The molecule has 0 aromatic heterocycles. The molecule has 1 atom stereocenters. The number of halogens is 1. The molecular formula is C25H22FNO3S. The minimum atomic E-state index is -0.593. The number of rotatable bonds is 7. The first-order valence-electron chi connectivity index (χ1n) is 10.1. The fourth-order valence-electron chi connectivity index (χ4n) is 3.82. The van der Waals surface area contributed by atoms with Crippen LogP contribution in [0, 0.1) is 5.82 Å². The summed E-state index contributed by atoms with van der Waals surface area (Å²) >= 11 is 0.950. The first-order chi connectivity index (χ1) is 15.1. The highest BCUT2D eigenvalue weighted by atomic mass is 32.2. The number of carbonyl (C=O) groups is 2. The van der Waals surface area contributed by atoms with Crippen LogP contribution in [0.2, 0.25) is 0 Å². The van der Waals surface area contributed by atoms with E-state index in [-0.39, 0.29) is 18.9 Å². The number of nitrogens with zero attached hydrogens (tertiary/aromatic N) is 1. The highest BCUT2D eigenvalue weighted by Crippen LogP contribution is 2.44. The summed E-state index contributed by atoms with van der Waals surface area (Å²) in [5.74, 6) is -0.500. The number of carbonyl (C=O) groups excluding carboxylic acids is 2. The monoisotopic (exact) mass is 435 g/mol. The maximum absolute atomic E-state index is 14.2. The highest BCUT2D eigenvalue weighted by Gasteiger charge is 2.31. The normalized spacial score (nSPS) is 13.2. The molecule has 0 bridgehead atoms. The van der Waals surface area contributed by atoms with Crippen LogP contribution in [0.4, 0.5) is 9.18 Å². The SMILES string of the molecule is CC(CC=O)N(Sc1ccccc1F)C(=O)OCC1c2ccccc2-c2ccccc21. The number of ether oxygens (including phenoxy) is 1. The van der Waals surface area contributed by atoms with E-state index in [0.29, 0.717) is 4.90 Å². The van der Waals surface area contributed by atoms with E-state index < -0.39 is 18.0 Å². The van der Waals surface area contributed by atoms with Crippen LogP contribution in [0.3, 0.4) is 0 Å². The first-order valence-corrected chi connectivity index (χ1v) is 10.9. The number of hydrogen-bond acceptors (Lipinski definition) is 4. The van der Waals surface area contributed by atoms with Crippen molar-refractivity contribution >= 4 is 24.3 Å². The Balaban J connectivity index is 1.54. The zero-order valence-electron chi connectivity index (χ0n) is 17.0. The van der Waals surface area contributed by atoms with Gasteiger partial charge in [-0.3, -0.25) is 0 Å². The fraction of sp³-hybridized carbons (Fsp3) is 0.200. The van der Waals surface area contributed by atoms with Gasteiger partial charge >= 0.3 is 6.09 Å². The van der Waals surface area contributed by atoms with Crippen LogP contribution >= 0.6 is 11.9 Å². The predicted molar refractivity (Wildman–Crippen MR) is 119 cm³/mol. The van der Waals surface area contributed by atoms with Crippen LogP contribution in [0.5, 0.6) is 0 Å². The average Bonchev–Trinajstić information content (AvgIpc) is 3.11. The summed E-state index contributed by atoms with van der Waals surface area (Å²) in [6.45, 7) is 1.90. The summed E-state index contributed by atoms with van der Waals surface area (Å²) in [5, 5.41) is 0. The fourth-order valence-corrected chi connectivity index (χ4v) is 4.72. The minimum Gasteiger partial charge on any atom is -0.448 e. The van der Waals surface area contributed by atoms with Crippen molar-refractivity contribution < 1.29 is 18.7 Å². The summed E-state index contributed by atoms with van der Waals surface area (Å²) in [7, 11) is 0. The Labute approximate surface area is 185 Å². The minimum absolute atomic E-state index is 0.0713. The molecule has 158 valence electrons. The van der Waals surface area contributed by atoms with Gasteiger partial charge in [-0.15, -0.1) is 0 Å². The Bertz CT molecular complexity index is 1060. The number of benzene rings is 3. The van der Waals surface area contributed by atoms with Crippen LogP contribution in [-0.2, 0) is 9.53 Å². The van der Waals surface area contributed by atoms with E-state index in [1.54, 1.807) is 25.1 Å². The van der Waals surface area contributed by atoms with Crippen molar-refractivity contribution in [3.8, 4) is 11.1 Å². The van der Waals surface area contributed by atoms with Crippen molar-refractivity contribution in [2.75, 3.05) is 6.61 Å². The van der Waals surface area contributed by atoms with Crippen molar-refractivity contribution in [1.29, 1.82) is 0 Å². The van der Waals surface area contributed by atoms with Crippen LogP contribution < -0.4 is 0 Å². The van der Waals surface area contributed by atoms with Gasteiger partial charge < -0.3 is 9.53 Å². The molecule has 6 heteroatoms. The van der Waals surface area contributed by atoms with Crippen molar-refractivity contribution in [3.05, 3.63) is 89.7 Å². The van der Waals surface area contributed by atoms with Crippen LogP contribution in [0.1, 0.15) is 30.4 Å². The molecule has 0 aliphatic heterocycles. The average molecular weight is 436 g/mol. The molecule has 0 N–H and O–H groups in total. The van der Waals surface area contributed by atoms with E-state index in [0.717, 1.165) is 40.5 Å². The predicted octanol–water partition coefficient (Wildman–Crippen LogP) is 6.06. The van der Waals surface area contributed by atoms with Gasteiger partial charge in [-0.25, -0.2) is 13.5 Å². The maximum Gasteiger partial charge on any atom is 0.420 e. The molecule has 0 saturated heterocycles. The standard InChI is InChI=1S/C25H22FNO3S/c1-17(14-15-28)27(31-24-13-7-6-12-23(24)26)25(29)30-16-22-20-10-4-2-8-18(20)19-9-3-5-11-21(19)22/h2-13,15,17,22H,14,16H2,1H3. The number of amides is 1. The van der Waals surface area contributed by atoms with Gasteiger partial charge in [0.2, 0.25) is 0 Å². The third-order valence-corrected chi connectivity index (χ3v) is 6.62.